The van der Waals surface area contributed by atoms with Gasteiger partial charge in [-0.1, -0.05) is 15.9 Å². The van der Waals surface area contributed by atoms with Gasteiger partial charge in [-0.25, -0.2) is 0 Å². The fraction of sp³-hybridized carbons (Fsp3) is 0.375. The molecule has 4 heteroatoms. The molecular weight excluding hydrogens is 284 g/mol. The number of hydrogen-bond acceptors (Lipinski definition) is 2. The molecule has 0 bridgehead atoms. The highest BCUT2D eigenvalue weighted by molar-refractivity contribution is 9.10. The van der Waals surface area contributed by atoms with Crippen molar-refractivity contribution in [3.05, 3.63) is 28.5 Å². The second kappa shape index (κ2) is 5.67. The summed E-state index contributed by atoms with van der Waals surface area (Å²) in [4.78, 5) is 4.23. The smallest absolute Gasteiger partial charge is 0.0542 e. The average Bonchev–Trinajstić information content (AvgIpc) is 2.09. The Morgan fingerprint density at radius 1 is 1.42 bits per heavy atom. The molecule has 0 atom stereocenters. The summed E-state index contributed by atoms with van der Waals surface area (Å²) in [5.41, 5.74) is 1.07. The van der Waals surface area contributed by atoms with Crippen LogP contribution in [0.25, 0.3) is 0 Å². The molecule has 66 valence electrons. The fourth-order valence-corrected chi connectivity index (χ4v) is 1.31. The highest BCUT2D eigenvalue weighted by atomic mass is 79.9. The first-order chi connectivity index (χ1) is 5.83. The molecule has 0 aliphatic rings. The molecule has 1 aromatic rings. The minimum atomic E-state index is 0.832. The first kappa shape index (κ1) is 10.2. The third-order valence-electron chi connectivity index (χ3n) is 1.37. The third-order valence-corrected chi connectivity index (χ3v) is 2.23. The van der Waals surface area contributed by atoms with Crippen LogP contribution < -0.4 is 5.32 Å². The van der Waals surface area contributed by atoms with E-state index in [-0.39, 0.29) is 0 Å². The van der Waals surface area contributed by atoms with E-state index < -0.39 is 0 Å². The van der Waals surface area contributed by atoms with Crippen molar-refractivity contribution < 1.29 is 0 Å². The second-order valence-electron chi connectivity index (χ2n) is 2.33. The van der Waals surface area contributed by atoms with Gasteiger partial charge in [0.25, 0.3) is 0 Å². The Hall–Kier alpha value is 0.0700. The van der Waals surface area contributed by atoms with Crippen LogP contribution in [0.4, 0.5) is 0 Å². The van der Waals surface area contributed by atoms with Crippen molar-refractivity contribution in [2.24, 2.45) is 0 Å². The summed E-state index contributed by atoms with van der Waals surface area (Å²) in [5.74, 6) is 0. The Labute approximate surface area is 89.0 Å². The molecular formula is C8H10Br2N2. The van der Waals surface area contributed by atoms with Crippen molar-refractivity contribution in [1.29, 1.82) is 0 Å². The Morgan fingerprint density at radius 3 is 2.83 bits per heavy atom. The molecule has 1 rings (SSSR count). The van der Waals surface area contributed by atoms with Crippen molar-refractivity contribution in [1.82, 2.24) is 10.3 Å². The highest BCUT2D eigenvalue weighted by Crippen LogP contribution is 2.06. The van der Waals surface area contributed by atoms with E-state index in [0.717, 1.165) is 28.6 Å². The van der Waals surface area contributed by atoms with E-state index in [1.54, 1.807) is 0 Å². The number of halogens is 2. The van der Waals surface area contributed by atoms with Crippen molar-refractivity contribution in [2.45, 2.75) is 6.54 Å². The van der Waals surface area contributed by atoms with Crippen LogP contribution in [0.2, 0.25) is 0 Å². The zero-order valence-electron chi connectivity index (χ0n) is 6.56. The van der Waals surface area contributed by atoms with E-state index in [2.05, 4.69) is 42.2 Å². The maximum Gasteiger partial charge on any atom is 0.0542 e. The third kappa shape index (κ3) is 3.65. The molecule has 2 nitrogen and oxygen atoms in total. The van der Waals surface area contributed by atoms with Gasteiger partial charge in [0.05, 0.1) is 5.69 Å². The lowest BCUT2D eigenvalue weighted by atomic mass is 10.3. The molecule has 0 radical (unpaired) electrons. The van der Waals surface area contributed by atoms with E-state index in [0.29, 0.717) is 0 Å². The minimum absolute atomic E-state index is 0.832. The normalized spacial score (nSPS) is 10.2. The molecule has 0 unspecified atom stereocenters. The molecule has 1 aromatic heterocycles. The van der Waals surface area contributed by atoms with Crippen molar-refractivity contribution in [3.63, 3.8) is 0 Å². The summed E-state index contributed by atoms with van der Waals surface area (Å²) >= 11 is 6.68. The number of pyridine rings is 1. The van der Waals surface area contributed by atoms with Crippen LogP contribution in [-0.4, -0.2) is 16.9 Å². The van der Waals surface area contributed by atoms with Gasteiger partial charge >= 0.3 is 0 Å². The Bertz CT molecular complexity index is 223. The lowest BCUT2D eigenvalue weighted by molar-refractivity contribution is 0.717. The van der Waals surface area contributed by atoms with Crippen LogP contribution in [-0.2, 0) is 6.54 Å². The summed E-state index contributed by atoms with van der Waals surface area (Å²) in [7, 11) is 0. The average molecular weight is 294 g/mol. The summed E-state index contributed by atoms with van der Waals surface area (Å²) < 4.78 is 1.02. The van der Waals surface area contributed by atoms with Crippen molar-refractivity contribution in [2.75, 3.05) is 11.9 Å². The Kier molecular flexibility index (Phi) is 4.80. The van der Waals surface area contributed by atoms with Gasteiger partial charge in [-0.15, -0.1) is 0 Å². The first-order valence-corrected chi connectivity index (χ1v) is 5.61. The molecule has 0 spiro atoms. The summed E-state index contributed by atoms with van der Waals surface area (Å²) in [6, 6.07) is 4.00. The summed E-state index contributed by atoms with van der Waals surface area (Å²) in [6.07, 6.45) is 1.81. The molecule has 0 fully saturated rings. The van der Waals surface area contributed by atoms with Gasteiger partial charge in [0, 0.05) is 29.1 Å². The zero-order valence-corrected chi connectivity index (χ0v) is 9.73. The Balaban J connectivity index is 2.37. The van der Waals surface area contributed by atoms with Gasteiger partial charge in [-0.05, 0) is 28.1 Å². The molecule has 0 aromatic carbocycles. The molecule has 1 heterocycles. The van der Waals surface area contributed by atoms with E-state index in [1.807, 2.05) is 18.3 Å². The number of alkyl halides is 1. The zero-order chi connectivity index (χ0) is 8.81. The van der Waals surface area contributed by atoms with E-state index in [1.165, 1.54) is 0 Å². The lowest BCUT2D eigenvalue weighted by Crippen LogP contribution is -2.16. The predicted molar refractivity (Wildman–Crippen MR) is 57.4 cm³/mol. The molecule has 0 saturated heterocycles. The summed E-state index contributed by atoms with van der Waals surface area (Å²) in [6.45, 7) is 1.80. The number of hydrogen-bond donors (Lipinski definition) is 1. The first-order valence-electron chi connectivity index (χ1n) is 3.70. The van der Waals surface area contributed by atoms with Gasteiger partial charge < -0.3 is 5.32 Å². The van der Waals surface area contributed by atoms with Gasteiger partial charge in [0.2, 0.25) is 0 Å². The largest absolute Gasteiger partial charge is 0.310 e. The topological polar surface area (TPSA) is 24.9 Å². The van der Waals surface area contributed by atoms with Crippen LogP contribution in [0.15, 0.2) is 22.8 Å². The highest BCUT2D eigenvalue weighted by Gasteiger charge is 1.92. The van der Waals surface area contributed by atoms with Crippen molar-refractivity contribution >= 4 is 31.9 Å². The Morgan fingerprint density at radius 2 is 2.25 bits per heavy atom. The van der Waals surface area contributed by atoms with Crippen LogP contribution in [0.3, 0.4) is 0 Å². The molecule has 0 aliphatic carbocycles. The minimum Gasteiger partial charge on any atom is -0.310 e. The standard InChI is InChI=1S/C8H10Br2N2/c9-3-4-11-6-8-2-1-7(10)5-12-8/h1-2,5,11H,3-4,6H2. The molecule has 0 aliphatic heterocycles. The van der Waals surface area contributed by atoms with Crippen LogP contribution in [0, 0.1) is 0 Å². The predicted octanol–water partition coefficient (Wildman–Crippen LogP) is 2.33. The second-order valence-corrected chi connectivity index (χ2v) is 4.04. The van der Waals surface area contributed by atoms with E-state index in [4.69, 9.17) is 0 Å². The number of rotatable bonds is 4. The SMILES string of the molecule is BrCCNCc1ccc(Br)cn1. The molecule has 12 heavy (non-hydrogen) atoms. The molecule has 0 saturated carbocycles. The number of nitrogens with one attached hydrogen (secondary N) is 1. The maximum atomic E-state index is 4.23. The van der Waals surface area contributed by atoms with Crippen LogP contribution in [0.5, 0.6) is 0 Å². The summed E-state index contributed by atoms with van der Waals surface area (Å²) in [5, 5.41) is 4.22. The fourth-order valence-electron chi connectivity index (χ4n) is 0.794. The van der Waals surface area contributed by atoms with Crippen LogP contribution in [0.1, 0.15) is 5.69 Å². The van der Waals surface area contributed by atoms with Gasteiger partial charge in [-0.2, -0.15) is 0 Å². The lowest BCUT2D eigenvalue weighted by Gasteiger charge is -2.01. The van der Waals surface area contributed by atoms with Gasteiger partial charge in [-0.3, -0.25) is 4.98 Å². The van der Waals surface area contributed by atoms with Crippen molar-refractivity contribution in [3.8, 4) is 0 Å². The maximum absolute atomic E-state index is 4.23. The quantitative estimate of drug-likeness (QED) is 0.681. The van der Waals surface area contributed by atoms with Gasteiger partial charge in [0.1, 0.15) is 0 Å². The number of aromatic nitrogens is 1. The molecule has 0 amide bonds. The van der Waals surface area contributed by atoms with Crippen LogP contribution >= 0.6 is 31.9 Å². The van der Waals surface area contributed by atoms with E-state index >= 15 is 0 Å². The number of nitrogens with zero attached hydrogens (tertiary/aromatic N) is 1. The molecule has 1 N–H and O–H groups in total. The monoisotopic (exact) mass is 292 g/mol. The van der Waals surface area contributed by atoms with Gasteiger partial charge in [0.15, 0.2) is 0 Å². The van der Waals surface area contributed by atoms with E-state index in [9.17, 15) is 0 Å².